The number of nitrogens with one attached hydrogen (secondary N) is 1. The second-order valence-corrected chi connectivity index (χ2v) is 6.51. The Kier molecular flexibility index (Phi) is 5.72. The zero-order valence-corrected chi connectivity index (χ0v) is 14.0. The van der Waals surface area contributed by atoms with Crippen LogP contribution in [0, 0.1) is 5.92 Å². The van der Waals surface area contributed by atoms with Gasteiger partial charge in [-0.1, -0.05) is 30.3 Å². The SMILES string of the molecule is CC(N)(C(=O)NCC1CCN(C(=O)C(F)(F)F)CC1)c1ccccc1. The van der Waals surface area contributed by atoms with Crippen molar-refractivity contribution in [3.8, 4) is 0 Å². The maximum Gasteiger partial charge on any atom is 0.471 e. The fourth-order valence-electron chi connectivity index (χ4n) is 2.86. The molecule has 1 atom stereocenters. The van der Waals surface area contributed by atoms with E-state index in [1.807, 2.05) is 6.07 Å². The molecule has 3 N–H and O–H groups in total. The van der Waals surface area contributed by atoms with Crippen LogP contribution in [-0.2, 0) is 15.1 Å². The molecule has 0 aromatic heterocycles. The van der Waals surface area contributed by atoms with Crippen LogP contribution in [0.25, 0.3) is 0 Å². The highest BCUT2D eigenvalue weighted by molar-refractivity contribution is 5.87. The quantitative estimate of drug-likeness (QED) is 0.863. The fraction of sp³-hybridized carbons (Fsp3) is 0.529. The van der Waals surface area contributed by atoms with Crippen molar-refractivity contribution in [3.05, 3.63) is 35.9 Å². The Bertz CT molecular complexity index is 609. The van der Waals surface area contributed by atoms with Crippen molar-refractivity contribution in [2.24, 2.45) is 11.7 Å². The number of carbonyl (C=O) groups excluding carboxylic acids is 2. The van der Waals surface area contributed by atoms with Gasteiger partial charge in [-0.25, -0.2) is 0 Å². The summed E-state index contributed by atoms with van der Waals surface area (Å²) < 4.78 is 37.2. The van der Waals surface area contributed by atoms with Gasteiger partial charge in [0.25, 0.3) is 0 Å². The van der Waals surface area contributed by atoms with E-state index < -0.39 is 17.6 Å². The lowest BCUT2D eigenvalue weighted by atomic mass is 9.91. The predicted molar refractivity (Wildman–Crippen MR) is 86.4 cm³/mol. The van der Waals surface area contributed by atoms with E-state index in [2.05, 4.69) is 5.32 Å². The first kappa shape index (κ1) is 19.2. The van der Waals surface area contributed by atoms with Crippen LogP contribution in [-0.4, -0.2) is 42.5 Å². The molecule has 1 fully saturated rings. The van der Waals surface area contributed by atoms with E-state index in [0.29, 0.717) is 24.9 Å². The summed E-state index contributed by atoms with van der Waals surface area (Å²) in [5, 5.41) is 2.78. The van der Waals surface area contributed by atoms with Crippen LogP contribution in [0.15, 0.2) is 30.3 Å². The highest BCUT2D eigenvalue weighted by Crippen LogP contribution is 2.24. The van der Waals surface area contributed by atoms with Gasteiger partial charge in [-0.3, -0.25) is 9.59 Å². The molecule has 5 nitrogen and oxygen atoms in total. The van der Waals surface area contributed by atoms with Gasteiger partial charge in [0.1, 0.15) is 5.54 Å². The van der Waals surface area contributed by atoms with E-state index in [9.17, 15) is 22.8 Å². The molecule has 1 aromatic carbocycles. The molecule has 1 saturated heterocycles. The van der Waals surface area contributed by atoms with Gasteiger partial charge in [-0.15, -0.1) is 0 Å². The lowest BCUT2D eigenvalue weighted by Gasteiger charge is -2.33. The fourth-order valence-corrected chi connectivity index (χ4v) is 2.86. The number of alkyl halides is 3. The van der Waals surface area contributed by atoms with Gasteiger partial charge < -0.3 is 16.0 Å². The molecule has 0 aliphatic carbocycles. The lowest BCUT2D eigenvalue weighted by Crippen LogP contribution is -2.51. The summed E-state index contributed by atoms with van der Waals surface area (Å²) in [5.41, 5.74) is 5.61. The number of rotatable bonds is 4. The first-order valence-corrected chi connectivity index (χ1v) is 8.11. The van der Waals surface area contributed by atoms with Crippen molar-refractivity contribution in [2.75, 3.05) is 19.6 Å². The standard InChI is InChI=1S/C17H22F3N3O2/c1-16(21,13-5-3-2-4-6-13)14(24)22-11-12-7-9-23(10-8-12)15(25)17(18,19)20/h2-6,12H,7-11,21H2,1H3,(H,22,24). The minimum Gasteiger partial charge on any atom is -0.354 e. The number of halogens is 3. The molecular formula is C17H22F3N3O2. The molecule has 0 spiro atoms. The number of hydrogen-bond donors (Lipinski definition) is 2. The van der Waals surface area contributed by atoms with Crippen LogP contribution in [0.1, 0.15) is 25.3 Å². The number of hydrogen-bond acceptors (Lipinski definition) is 3. The number of likely N-dealkylation sites (tertiary alicyclic amines) is 1. The first-order valence-electron chi connectivity index (χ1n) is 8.11. The summed E-state index contributed by atoms with van der Waals surface area (Å²) in [5.74, 6) is -2.12. The molecule has 2 amide bonds. The molecule has 138 valence electrons. The van der Waals surface area contributed by atoms with Crippen molar-refractivity contribution in [1.29, 1.82) is 0 Å². The topological polar surface area (TPSA) is 75.4 Å². The molecule has 1 aliphatic rings. The highest BCUT2D eigenvalue weighted by Gasteiger charge is 2.43. The van der Waals surface area contributed by atoms with E-state index in [-0.39, 0.29) is 24.9 Å². The normalized spacial score (nSPS) is 18.5. The van der Waals surface area contributed by atoms with E-state index >= 15 is 0 Å². The van der Waals surface area contributed by atoms with Gasteiger partial charge in [-0.05, 0) is 31.2 Å². The average Bonchev–Trinajstić information content (AvgIpc) is 2.59. The van der Waals surface area contributed by atoms with E-state index in [1.54, 1.807) is 31.2 Å². The Morgan fingerprint density at radius 2 is 1.76 bits per heavy atom. The van der Waals surface area contributed by atoms with Crippen LogP contribution in [0.5, 0.6) is 0 Å². The highest BCUT2D eigenvalue weighted by atomic mass is 19.4. The third-order valence-electron chi connectivity index (χ3n) is 4.54. The molecule has 0 saturated carbocycles. The zero-order valence-electron chi connectivity index (χ0n) is 14.0. The monoisotopic (exact) mass is 357 g/mol. The number of piperidine rings is 1. The van der Waals surface area contributed by atoms with Crippen molar-refractivity contribution in [1.82, 2.24) is 10.2 Å². The summed E-state index contributed by atoms with van der Waals surface area (Å²) in [7, 11) is 0. The zero-order chi connectivity index (χ0) is 18.7. The van der Waals surface area contributed by atoms with Crippen molar-refractivity contribution in [3.63, 3.8) is 0 Å². The molecule has 1 aromatic rings. The van der Waals surface area contributed by atoms with Crippen LogP contribution in [0.3, 0.4) is 0 Å². The third-order valence-corrected chi connectivity index (χ3v) is 4.54. The van der Waals surface area contributed by atoms with E-state index in [4.69, 9.17) is 5.73 Å². The number of nitrogens with two attached hydrogens (primary N) is 1. The molecule has 1 heterocycles. The van der Waals surface area contributed by atoms with Crippen molar-refractivity contribution < 1.29 is 22.8 Å². The van der Waals surface area contributed by atoms with Crippen LogP contribution in [0.4, 0.5) is 13.2 Å². The van der Waals surface area contributed by atoms with Crippen LogP contribution in [0.2, 0.25) is 0 Å². The van der Waals surface area contributed by atoms with Crippen molar-refractivity contribution in [2.45, 2.75) is 31.5 Å². The molecule has 0 bridgehead atoms. The second-order valence-electron chi connectivity index (χ2n) is 6.51. The number of carbonyl (C=O) groups is 2. The molecular weight excluding hydrogens is 335 g/mol. The van der Waals surface area contributed by atoms with Crippen LogP contribution >= 0.6 is 0 Å². The van der Waals surface area contributed by atoms with Gasteiger partial charge >= 0.3 is 12.1 Å². The summed E-state index contributed by atoms with van der Waals surface area (Å²) in [6, 6.07) is 8.94. The Morgan fingerprint density at radius 1 is 1.20 bits per heavy atom. The number of benzene rings is 1. The number of amides is 2. The largest absolute Gasteiger partial charge is 0.471 e. The Hall–Kier alpha value is -2.09. The Balaban J connectivity index is 1.83. The third kappa shape index (κ3) is 4.72. The molecule has 0 radical (unpaired) electrons. The molecule has 8 heteroatoms. The minimum absolute atomic E-state index is 0.0211. The summed E-state index contributed by atoms with van der Waals surface area (Å²) in [6.45, 7) is 2.02. The van der Waals surface area contributed by atoms with Crippen LogP contribution < -0.4 is 11.1 Å². The predicted octanol–water partition coefficient (Wildman–Crippen LogP) is 1.78. The molecule has 1 aliphatic heterocycles. The summed E-state index contributed by atoms with van der Waals surface area (Å²) >= 11 is 0. The van der Waals surface area contributed by atoms with Gasteiger partial charge in [0.15, 0.2) is 0 Å². The minimum atomic E-state index is -4.84. The summed E-state index contributed by atoms with van der Waals surface area (Å²) in [6.07, 6.45) is -4.01. The van der Waals surface area contributed by atoms with Gasteiger partial charge in [0.05, 0.1) is 0 Å². The van der Waals surface area contributed by atoms with E-state index in [1.165, 1.54) is 0 Å². The second kappa shape index (κ2) is 7.43. The lowest BCUT2D eigenvalue weighted by molar-refractivity contribution is -0.186. The van der Waals surface area contributed by atoms with Crippen molar-refractivity contribution >= 4 is 11.8 Å². The molecule has 25 heavy (non-hydrogen) atoms. The van der Waals surface area contributed by atoms with Gasteiger partial charge in [0.2, 0.25) is 5.91 Å². The maximum atomic E-state index is 12.4. The first-order chi connectivity index (χ1) is 11.6. The van der Waals surface area contributed by atoms with Gasteiger partial charge in [-0.2, -0.15) is 13.2 Å². The van der Waals surface area contributed by atoms with E-state index in [0.717, 1.165) is 4.90 Å². The Labute approximate surface area is 144 Å². The average molecular weight is 357 g/mol. The number of nitrogens with zero attached hydrogens (tertiary/aromatic N) is 1. The smallest absolute Gasteiger partial charge is 0.354 e. The maximum absolute atomic E-state index is 12.4. The Morgan fingerprint density at radius 3 is 2.28 bits per heavy atom. The molecule has 1 unspecified atom stereocenters. The summed E-state index contributed by atoms with van der Waals surface area (Å²) in [4.78, 5) is 24.4. The van der Waals surface area contributed by atoms with Gasteiger partial charge in [0, 0.05) is 19.6 Å². The molecule has 2 rings (SSSR count).